The Labute approximate surface area is 167 Å². The number of nitrogens with zero attached hydrogens (tertiary/aromatic N) is 2. The highest BCUT2D eigenvalue weighted by Gasteiger charge is 2.14. The zero-order chi connectivity index (χ0) is 19.8. The summed E-state index contributed by atoms with van der Waals surface area (Å²) in [6, 6.07) is 21.0. The van der Waals surface area contributed by atoms with Gasteiger partial charge in [-0.3, -0.25) is 9.88 Å². The molecule has 0 bridgehead atoms. The van der Waals surface area contributed by atoms with Crippen LogP contribution in [-0.2, 0) is 13.1 Å². The summed E-state index contributed by atoms with van der Waals surface area (Å²) in [7, 11) is 3.34. The fourth-order valence-electron chi connectivity index (χ4n) is 3.44. The monoisotopic (exact) mass is 376 g/mol. The van der Waals surface area contributed by atoms with Gasteiger partial charge < -0.3 is 9.47 Å². The Hall–Kier alpha value is -2.85. The fraction of sp³-hybridized carbons (Fsp3) is 0.292. The van der Waals surface area contributed by atoms with Crippen LogP contribution in [0.15, 0.2) is 73.1 Å². The molecule has 1 aromatic heterocycles. The van der Waals surface area contributed by atoms with Gasteiger partial charge in [0, 0.05) is 32.0 Å². The van der Waals surface area contributed by atoms with Crippen LogP contribution in [0.25, 0.3) is 0 Å². The Morgan fingerprint density at radius 2 is 1.50 bits per heavy atom. The Kier molecular flexibility index (Phi) is 7.04. The summed E-state index contributed by atoms with van der Waals surface area (Å²) in [5.74, 6) is 1.95. The molecule has 0 fully saturated rings. The summed E-state index contributed by atoms with van der Waals surface area (Å²) in [5, 5.41) is 0. The van der Waals surface area contributed by atoms with Crippen LogP contribution in [0.2, 0.25) is 0 Å². The molecule has 4 nitrogen and oxygen atoms in total. The van der Waals surface area contributed by atoms with E-state index in [-0.39, 0.29) is 0 Å². The molecule has 2 aromatic carbocycles. The van der Waals surface area contributed by atoms with Crippen LogP contribution < -0.4 is 9.47 Å². The van der Waals surface area contributed by atoms with Crippen molar-refractivity contribution in [2.75, 3.05) is 20.8 Å². The predicted molar refractivity (Wildman–Crippen MR) is 113 cm³/mol. The molecule has 0 aliphatic rings. The van der Waals surface area contributed by atoms with Crippen LogP contribution in [0.3, 0.4) is 0 Å². The number of ether oxygens (including phenoxy) is 2. The minimum absolute atomic E-state index is 0.434. The van der Waals surface area contributed by atoms with E-state index >= 15 is 0 Å². The number of hydrogen-bond acceptors (Lipinski definition) is 4. The first-order valence-corrected chi connectivity index (χ1v) is 9.56. The molecule has 0 aliphatic carbocycles. The first-order chi connectivity index (χ1) is 13.7. The van der Waals surface area contributed by atoms with Gasteiger partial charge in [-0.15, -0.1) is 0 Å². The number of pyridine rings is 1. The van der Waals surface area contributed by atoms with E-state index in [0.717, 1.165) is 31.1 Å². The van der Waals surface area contributed by atoms with Gasteiger partial charge in [-0.05, 0) is 46.9 Å². The van der Waals surface area contributed by atoms with E-state index in [1.165, 1.54) is 16.7 Å². The molecule has 0 N–H and O–H groups in total. The largest absolute Gasteiger partial charge is 0.493 e. The number of methoxy groups -OCH3 is 2. The summed E-state index contributed by atoms with van der Waals surface area (Å²) in [6.07, 6.45) is 3.70. The third-order valence-corrected chi connectivity index (χ3v) is 4.91. The van der Waals surface area contributed by atoms with E-state index in [0.29, 0.717) is 5.92 Å². The normalized spacial score (nSPS) is 12.0. The van der Waals surface area contributed by atoms with Crippen LogP contribution in [0, 0.1) is 0 Å². The summed E-state index contributed by atoms with van der Waals surface area (Å²) in [6.45, 7) is 4.94. The zero-order valence-corrected chi connectivity index (χ0v) is 16.8. The molecule has 4 heteroatoms. The lowest BCUT2D eigenvalue weighted by molar-refractivity contribution is 0.243. The third-order valence-electron chi connectivity index (χ3n) is 4.91. The molecule has 0 amide bonds. The summed E-state index contributed by atoms with van der Waals surface area (Å²) < 4.78 is 10.8. The number of aromatic nitrogens is 1. The Morgan fingerprint density at radius 1 is 0.821 bits per heavy atom. The van der Waals surface area contributed by atoms with Gasteiger partial charge in [0.15, 0.2) is 11.5 Å². The summed E-state index contributed by atoms with van der Waals surface area (Å²) >= 11 is 0. The van der Waals surface area contributed by atoms with Crippen LogP contribution in [0.5, 0.6) is 11.5 Å². The molecular weight excluding hydrogens is 348 g/mol. The van der Waals surface area contributed by atoms with Crippen molar-refractivity contribution in [1.29, 1.82) is 0 Å². The minimum atomic E-state index is 0.434. The summed E-state index contributed by atoms with van der Waals surface area (Å²) in [4.78, 5) is 6.60. The van der Waals surface area contributed by atoms with Crippen molar-refractivity contribution in [3.05, 3.63) is 89.7 Å². The first-order valence-electron chi connectivity index (χ1n) is 9.56. The van der Waals surface area contributed by atoms with Gasteiger partial charge >= 0.3 is 0 Å². The van der Waals surface area contributed by atoms with Crippen LogP contribution >= 0.6 is 0 Å². The molecule has 0 saturated carbocycles. The second-order valence-corrected chi connectivity index (χ2v) is 7.03. The number of benzene rings is 2. The molecule has 28 heavy (non-hydrogen) atoms. The molecule has 0 saturated heterocycles. The molecule has 1 heterocycles. The highest BCUT2D eigenvalue weighted by molar-refractivity contribution is 5.42. The molecule has 0 spiro atoms. The SMILES string of the molecule is COc1ccc(CN(Cc2ccncc2)C[C@@H](C)c2ccccc2)cc1OC. The van der Waals surface area contributed by atoms with E-state index in [9.17, 15) is 0 Å². The smallest absolute Gasteiger partial charge is 0.161 e. The fourth-order valence-corrected chi connectivity index (χ4v) is 3.44. The molecular formula is C24H28N2O2. The average Bonchev–Trinajstić information content (AvgIpc) is 2.75. The lowest BCUT2D eigenvalue weighted by Crippen LogP contribution is -2.27. The molecule has 0 aliphatic heterocycles. The lowest BCUT2D eigenvalue weighted by Gasteiger charge is -2.26. The topological polar surface area (TPSA) is 34.6 Å². The Balaban J connectivity index is 1.79. The summed E-state index contributed by atoms with van der Waals surface area (Å²) in [5.41, 5.74) is 3.82. The molecule has 1 atom stereocenters. The minimum Gasteiger partial charge on any atom is -0.493 e. The van der Waals surface area contributed by atoms with Crippen molar-refractivity contribution in [3.8, 4) is 11.5 Å². The highest BCUT2D eigenvalue weighted by atomic mass is 16.5. The van der Waals surface area contributed by atoms with E-state index in [1.54, 1.807) is 14.2 Å². The molecule has 0 unspecified atom stereocenters. The maximum atomic E-state index is 5.48. The van der Waals surface area contributed by atoms with Gasteiger partial charge in [0.25, 0.3) is 0 Å². The van der Waals surface area contributed by atoms with Gasteiger partial charge in [-0.2, -0.15) is 0 Å². The van der Waals surface area contributed by atoms with Gasteiger partial charge in [-0.25, -0.2) is 0 Å². The van der Waals surface area contributed by atoms with Crippen molar-refractivity contribution in [3.63, 3.8) is 0 Å². The number of rotatable bonds is 9. The molecule has 3 rings (SSSR count). The van der Waals surface area contributed by atoms with E-state index in [2.05, 4.69) is 71.4 Å². The van der Waals surface area contributed by atoms with Gasteiger partial charge in [0.2, 0.25) is 0 Å². The molecule has 3 aromatic rings. The lowest BCUT2D eigenvalue weighted by atomic mass is 10.00. The van der Waals surface area contributed by atoms with Crippen LogP contribution in [-0.4, -0.2) is 30.6 Å². The second-order valence-electron chi connectivity index (χ2n) is 7.03. The molecule has 0 radical (unpaired) electrons. The first kappa shape index (κ1) is 19.9. The average molecular weight is 377 g/mol. The number of hydrogen-bond donors (Lipinski definition) is 0. The maximum Gasteiger partial charge on any atom is 0.161 e. The second kappa shape index (κ2) is 9.90. The quantitative estimate of drug-likeness (QED) is 0.532. The third kappa shape index (κ3) is 5.33. The standard InChI is InChI=1S/C24H28N2O2/c1-19(22-7-5-4-6-8-22)16-26(17-20-11-13-25-14-12-20)18-21-9-10-23(27-2)24(15-21)28-3/h4-15,19H,16-18H2,1-3H3/t19-/m1/s1. The highest BCUT2D eigenvalue weighted by Crippen LogP contribution is 2.28. The van der Waals surface area contributed by atoms with Crippen molar-refractivity contribution in [2.24, 2.45) is 0 Å². The van der Waals surface area contributed by atoms with Crippen molar-refractivity contribution in [1.82, 2.24) is 9.88 Å². The molecule has 146 valence electrons. The Morgan fingerprint density at radius 3 is 2.18 bits per heavy atom. The van der Waals surface area contributed by atoms with E-state index < -0.39 is 0 Å². The predicted octanol–water partition coefficient (Wildman–Crippen LogP) is 4.90. The van der Waals surface area contributed by atoms with Crippen molar-refractivity contribution < 1.29 is 9.47 Å². The van der Waals surface area contributed by atoms with Crippen molar-refractivity contribution in [2.45, 2.75) is 25.9 Å². The van der Waals surface area contributed by atoms with Gasteiger partial charge in [0.1, 0.15) is 0 Å². The van der Waals surface area contributed by atoms with Crippen molar-refractivity contribution >= 4 is 0 Å². The van der Waals surface area contributed by atoms with Crippen LogP contribution in [0.4, 0.5) is 0 Å². The van der Waals surface area contributed by atoms with Crippen LogP contribution in [0.1, 0.15) is 29.5 Å². The van der Waals surface area contributed by atoms with E-state index in [1.807, 2.05) is 18.5 Å². The van der Waals surface area contributed by atoms with Gasteiger partial charge in [-0.1, -0.05) is 43.3 Å². The Bertz CT molecular complexity index is 853. The van der Waals surface area contributed by atoms with E-state index in [4.69, 9.17) is 9.47 Å². The maximum absolute atomic E-state index is 5.48. The van der Waals surface area contributed by atoms with Gasteiger partial charge in [0.05, 0.1) is 14.2 Å². The zero-order valence-electron chi connectivity index (χ0n) is 16.8.